The van der Waals surface area contributed by atoms with Crippen molar-refractivity contribution in [1.29, 1.82) is 5.26 Å². The number of benzene rings is 2. The maximum atomic E-state index is 9.25. The van der Waals surface area contributed by atoms with Crippen LogP contribution in [0.3, 0.4) is 0 Å². The maximum Gasteiger partial charge on any atom is 0.183 e. The largest absolute Gasteiger partial charge is 0.381 e. The molecule has 6 heteroatoms. The van der Waals surface area contributed by atoms with Gasteiger partial charge in [-0.05, 0) is 12.1 Å². The van der Waals surface area contributed by atoms with Crippen molar-refractivity contribution in [2.75, 3.05) is 5.73 Å². The number of thiazole rings is 1. The summed E-state index contributed by atoms with van der Waals surface area (Å²) >= 11 is 1.56. The molecule has 0 atom stereocenters. The van der Waals surface area contributed by atoms with E-state index in [1.807, 2.05) is 60.1 Å². The Labute approximate surface area is 142 Å². The van der Waals surface area contributed by atoms with Crippen LogP contribution in [0.25, 0.3) is 32.7 Å². The Morgan fingerprint density at radius 1 is 0.958 bits per heavy atom. The molecule has 2 N–H and O–H groups in total. The van der Waals surface area contributed by atoms with Crippen molar-refractivity contribution in [2.24, 2.45) is 0 Å². The third-order valence-electron chi connectivity index (χ3n) is 3.68. The molecule has 0 bridgehead atoms. The summed E-state index contributed by atoms with van der Waals surface area (Å²) in [4.78, 5) is 13.2. The normalized spacial score (nSPS) is 10.6. The van der Waals surface area contributed by atoms with Gasteiger partial charge in [0.25, 0.3) is 0 Å². The zero-order valence-electron chi connectivity index (χ0n) is 12.5. The number of fused-ring (bicyclic) bond motifs is 1. The van der Waals surface area contributed by atoms with Gasteiger partial charge in [-0.15, -0.1) is 11.3 Å². The van der Waals surface area contributed by atoms with E-state index >= 15 is 0 Å². The number of hydrogen-bond donors (Lipinski definition) is 1. The Balaban J connectivity index is 2.00. The van der Waals surface area contributed by atoms with Crippen LogP contribution in [0.4, 0.5) is 5.82 Å². The van der Waals surface area contributed by atoms with Gasteiger partial charge in [-0.2, -0.15) is 5.26 Å². The van der Waals surface area contributed by atoms with Crippen LogP contribution in [0, 0.1) is 11.3 Å². The molecule has 2 heterocycles. The third-order valence-corrected chi connectivity index (χ3v) is 4.47. The van der Waals surface area contributed by atoms with Crippen molar-refractivity contribution in [3.8, 4) is 28.6 Å². The van der Waals surface area contributed by atoms with Crippen LogP contribution >= 0.6 is 11.3 Å². The van der Waals surface area contributed by atoms with E-state index in [9.17, 15) is 5.26 Å². The molecule has 4 rings (SSSR count). The summed E-state index contributed by atoms with van der Waals surface area (Å²) in [6.45, 7) is 0. The summed E-state index contributed by atoms with van der Waals surface area (Å²) in [6, 6.07) is 17.6. The lowest BCUT2D eigenvalue weighted by Crippen LogP contribution is -2.03. The van der Waals surface area contributed by atoms with E-state index in [0.29, 0.717) is 11.4 Å². The summed E-state index contributed by atoms with van der Waals surface area (Å²) in [7, 11) is 0. The minimum absolute atomic E-state index is 0.133. The number of hydrogen-bond acceptors (Lipinski definition) is 6. The van der Waals surface area contributed by atoms with Gasteiger partial charge in [0.15, 0.2) is 11.5 Å². The number of nitrogens with two attached hydrogens (primary N) is 1. The minimum Gasteiger partial charge on any atom is -0.381 e. The van der Waals surface area contributed by atoms with Gasteiger partial charge in [-0.1, -0.05) is 36.4 Å². The zero-order valence-corrected chi connectivity index (χ0v) is 13.3. The second-order valence-corrected chi connectivity index (χ2v) is 6.05. The second-order valence-electron chi connectivity index (χ2n) is 5.17. The van der Waals surface area contributed by atoms with Gasteiger partial charge in [0.2, 0.25) is 0 Å². The monoisotopic (exact) mass is 329 g/mol. The highest BCUT2D eigenvalue weighted by atomic mass is 32.1. The molecule has 0 aliphatic heterocycles. The van der Waals surface area contributed by atoms with Crippen LogP contribution in [-0.4, -0.2) is 15.0 Å². The molecular formula is C18H11N5S. The van der Waals surface area contributed by atoms with E-state index in [2.05, 4.69) is 15.0 Å². The first-order valence-electron chi connectivity index (χ1n) is 7.23. The fourth-order valence-electron chi connectivity index (χ4n) is 2.53. The second kappa shape index (κ2) is 5.72. The number of aromatic nitrogens is 3. The van der Waals surface area contributed by atoms with Crippen LogP contribution < -0.4 is 5.73 Å². The van der Waals surface area contributed by atoms with Crippen molar-refractivity contribution in [2.45, 2.75) is 0 Å². The first-order valence-corrected chi connectivity index (χ1v) is 8.11. The topological polar surface area (TPSA) is 88.5 Å². The maximum absolute atomic E-state index is 9.25. The van der Waals surface area contributed by atoms with Crippen LogP contribution in [0.2, 0.25) is 0 Å². The molecule has 0 unspecified atom stereocenters. The number of rotatable bonds is 2. The summed E-state index contributed by atoms with van der Waals surface area (Å²) in [5, 5.41) is 9.25. The number of nitrogen functional groups attached to an aromatic ring is 1. The molecule has 0 saturated heterocycles. The first kappa shape index (κ1) is 14.3. The van der Waals surface area contributed by atoms with E-state index in [4.69, 9.17) is 5.73 Å². The minimum atomic E-state index is 0.133. The molecular weight excluding hydrogens is 318 g/mol. The average Bonchev–Trinajstić information content (AvgIpc) is 3.10. The fourth-order valence-corrected chi connectivity index (χ4v) is 3.25. The standard InChI is InChI=1S/C18H11N5S/c19-9-14-18(20)23-16(11-4-2-1-3-5-11)17(22-14)12-6-7-13-15(8-12)24-10-21-13/h1-8,10H,(H2,20,23). The van der Waals surface area contributed by atoms with Gasteiger partial charge in [0.05, 0.1) is 27.1 Å². The van der Waals surface area contributed by atoms with Gasteiger partial charge in [0, 0.05) is 11.1 Å². The molecule has 0 aliphatic carbocycles. The van der Waals surface area contributed by atoms with Gasteiger partial charge >= 0.3 is 0 Å². The van der Waals surface area contributed by atoms with Crippen LogP contribution in [-0.2, 0) is 0 Å². The molecule has 0 aliphatic rings. The molecule has 4 aromatic rings. The Kier molecular flexibility index (Phi) is 3.41. The van der Waals surface area contributed by atoms with E-state index in [1.165, 1.54) is 0 Å². The molecule has 2 aromatic carbocycles. The predicted octanol–water partition coefficient (Wildman–Crippen LogP) is 3.87. The Morgan fingerprint density at radius 3 is 2.54 bits per heavy atom. The molecule has 24 heavy (non-hydrogen) atoms. The summed E-state index contributed by atoms with van der Waals surface area (Å²) in [5.74, 6) is 0.138. The molecule has 114 valence electrons. The van der Waals surface area contributed by atoms with Crippen molar-refractivity contribution >= 4 is 27.4 Å². The highest BCUT2D eigenvalue weighted by Crippen LogP contribution is 2.32. The summed E-state index contributed by atoms with van der Waals surface area (Å²) in [6.07, 6.45) is 0. The van der Waals surface area contributed by atoms with E-state index < -0.39 is 0 Å². The van der Waals surface area contributed by atoms with Crippen LogP contribution in [0.1, 0.15) is 5.69 Å². The van der Waals surface area contributed by atoms with Gasteiger partial charge < -0.3 is 5.73 Å². The number of nitriles is 1. The lowest BCUT2D eigenvalue weighted by molar-refractivity contribution is 1.18. The Morgan fingerprint density at radius 2 is 1.75 bits per heavy atom. The third kappa shape index (κ3) is 2.37. The van der Waals surface area contributed by atoms with Crippen LogP contribution in [0.5, 0.6) is 0 Å². The summed E-state index contributed by atoms with van der Waals surface area (Å²) < 4.78 is 1.06. The van der Waals surface area contributed by atoms with Crippen molar-refractivity contribution < 1.29 is 0 Å². The quantitative estimate of drug-likeness (QED) is 0.603. The SMILES string of the molecule is N#Cc1nc(-c2ccc3ncsc3c2)c(-c2ccccc2)nc1N. The van der Waals surface area contributed by atoms with E-state index in [0.717, 1.165) is 21.3 Å². The van der Waals surface area contributed by atoms with Crippen LogP contribution in [0.15, 0.2) is 54.0 Å². The van der Waals surface area contributed by atoms with E-state index in [-0.39, 0.29) is 11.5 Å². The zero-order chi connectivity index (χ0) is 16.5. The first-order chi connectivity index (χ1) is 11.8. The average molecular weight is 329 g/mol. The molecule has 0 fully saturated rings. The predicted molar refractivity (Wildman–Crippen MR) is 95.2 cm³/mol. The number of nitrogens with zero attached hydrogens (tertiary/aromatic N) is 4. The van der Waals surface area contributed by atoms with Crippen molar-refractivity contribution in [1.82, 2.24) is 15.0 Å². The van der Waals surface area contributed by atoms with E-state index in [1.54, 1.807) is 11.3 Å². The van der Waals surface area contributed by atoms with Crippen molar-refractivity contribution in [3.63, 3.8) is 0 Å². The smallest absolute Gasteiger partial charge is 0.183 e. The van der Waals surface area contributed by atoms with Gasteiger partial charge in [-0.25, -0.2) is 15.0 Å². The molecule has 5 nitrogen and oxygen atoms in total. The lowest BCUT2D eigenvalue weighted by atomic mass is 10.0. The van der Waals surface area contributed by atoms with Gasteiger partial charge in [0.1, 0.15) is 6.07 Å². The molecule has 0 saturated carbocycles. The highest BCUT2D eigenvalue weighted by Gasteiger charge is 2.16. The highest BCUT2D eigenvalue weighted by molar-refractivity contribution is 7.16. The Bertz CT molecular complexity index is 1080. The molecule has 2 aromatic heterocycles. The lowest BCUT2D eigenvalue weighted by Gasteiger charge is -2.10. The molecule has 0 spiro atoms. The van der Waals surface area contributed by atoms with Gasteiger partial charge in [-0.3, -0.25) is 0 Å². The fraction of sp³-hybridized carbons (Fsp3) is 0. The molecule has 0 amide bonds. The molecule has 0 radical (unpaired) electrons. The number of anilines is 1. The Hall–Kier alpha value is -3.30. The van der Waals surface area contributed by atoms with Crippen molar-refractivity contribution in [3.05, 3.63) is 59.7 Å². The summed E-state index contributed by atoms with van der Waals surface area (Å²) in [5.41, 5.74) is 11.9.